The average Bonchev–Trinajstić information content (AvgIpc) is 2.99. The van der Waals surface area contributed by atoms with Crippen LogP contribution in [0.2, 0.25) is 0 Å². The van der Waals surface area contributed by atoms with Crippen LogP contribution in [0.15, 0.2) is 24.3 Å². The predicted molar refractivity (Wildman–Crippen MR) is 84.5 cm³/mol. The molecule has 1 amide bonds. The molecule has 2 rings (SSSR count). The first kappa shape index (κ1) is 16.8. The Bertz CT molecular complexity index is 610. The van der Waals surface area contributed by atoms with Crippen molar-refractivity contribution >= 4 is 15.9 Å². The highest BCUT2D eigenvalue weighted by molar-refractivity contribution is 7.89. The molecule has 0 aliphatic heterocycles. The van der Waals surface area contributed by atoms with Crippen molar-refractivity contribution in [2.45, 2.75) is 31.7 Å². The predicted octanol–water partition coefficient (Wildman–Crippen LogP) is 1.29. The molecule has 122 valence electrons. The highest BCUT2D eigenvalue weighted by Crippen LogP contribution is 2.18. The minimum Gasteiger partial charge on any atom is -0.496 e. The SMILES string of the molecule is COc1ccccc1C(=O)NCCS(=O)(=O)NC1CCCC1. The van der Waals surface area contributed by atoms with Crippen LogP contribution in [-0.2, 0) is 10.0 Å². The zero-order chi connectivity index (χ0) is 16.0. The summed E-state index contributed by atoms with van der Waals surface area (Å²) in [5, 5.41) is 2.62. The van der Waals surface area contributed by atoms with Crippen LogP contribution in [0.5, 0.6) is 5.75 Å². The standard InChI is InChI=1S/C15H22N2O4S/c1-21-14-9-5-4-8-13(14)15(18)16-10-11-22(19,20)17-12-6-2-3-7-12/h4-5,8-9,12,17H,2-3,6-7,10-11H2,1H3,(H,16,18). The number of hydrogen-bond acceptors (Lipinski definition) is 4. The zero-order valence-corrected chi connectivity index (χ0v) is 13.5. The minimum atomic E-state index is -3.35. The Kier molecular flexibility index (Phi) is 5.79. The molecule has 0 atom stereocenters. The Morgan fingerprint density at radius 1 is 1.27 bits per heavy atom. The molecule has 0 heterocycles. The smallest absolute Gasteiger partial charge is 0.255 e. The highest BCUT2D eigenvalue weighted by Gasteiger charge is 2.21. The summed E-state index contributed by atoms with van der Waals surface area (Å²) >= 11 is 0. The molecule has 0 unspecified atom stereocenters. The van der Waals surface area contributed by atoms with Crippen molar-refractivity contribution in [1.82, 2.24) is 10.0 Å². The number of hydrogen-bond donors (Lipinski definition) is 2. The fourth-order valence-corrected chi connectivity index (χ4v) is 3.82. The molecule has 1 aliphatic carbocycles. The third kappa shape index (κ3) is 4.71. The van der Waals surface area contributed by atoms with E-state index in [4.69, 9.17) is 4.74 Å². The summed E-state index contributed by atoms with van der Waals surface area (Å²) in [5.74, 6) is 0.00477. The molecule has 0 radical (unpaired) electrons. The monoisotopic (exact) mass is 326 g/mol. The van der Waals surface area contributed by atoms with E-state index < -0.39 is 10.0 Å². The second-order valence-electron chi connectivity index (χ2n) is 5.37. The highest BCUT2D eigenvalue weighted by atomic mass is 32.2. The van der Waals surface area contributed by atoms with E-state index in [0.29, 0.717) is 11.3 Å². The van der Waals surface area contributed by atoms with Crippen molar-refractivity contribution in [3.05, 3.63) is 29.8 Å². The van der Waals surface area contributed by atoms with Gasteiger partial charge in [0.15, 0.2) is 0 Å². The number of ether oxygens (including phenoxy) is 1. The second kappa shape index (κ2) is 7.60. The summed E-state index contributed by atoms with van der Waals surface area (Å²) in [7, 11) is -1.87. The summed E-state index contributed by atoms with van der Waals surface area (Å²) < 4.78 is 31.7. The first-order valence-corrected chi connectivity index (χ1v) is 9.08. The van der Waals surface area contributed by atoms with Crippen LogP contribution in [0.4, 0.5) is 0 Å². The molecule has 1 aromatic rings. The van der Waals surface area contributed by atoms with Crippen LogP contribution in [-0.4, -0.2) is 39.8 Å². The molecule has 1 aromatic carbocycles. The molecular formula is C15H22N2O4S. The van der Waals surface area contributed by atoms with Crippen molar-refractivity contribution in [3.8, 4) is 5.75 Å². The van der Waals surface area contributed by atoms with E-state index in [-0.39, 0.29) is 24.2 Å². The van der Waals surface area contributed by atoms with Crippen molar-refractivity contribution in [2.24, 2.45) is 0 Å². The van der Waals surface area contributed by atoms with Gasteiger partial charge in [0.05, 0.1) is 18.4 Å². The quantitative estimate of drug-likeness (QED) is 0.791. The van der Waals surface area contributed by atoms with Crippen molar-refractivity contribution in [3.63, 3.8) is 0 Å². The maximum Gasteiger partial charge on any atom is 0.255 e. The first-order chi connectivity index (χ1) is 10.5. The lowest BCUT2D eigenvalue weighted by molar-refractivity contribution is 0.0953. The number of benzene rings is 1. The Morgan fingerprint density at radius 3 is 2.64 bits per heavy atom. The van der Waals surface area contributed by atoms with Crippen molar-refractivity contribution < 1.29 is 17.9 Å². The van der Waals surface area contributed by atoms with E-state index >= 15 is 0 Å². The van der Waals surface area contributed by atoms with Crippen LogP contribution >= 0.6 is 0 Å². The van der Waals surface area contributed by atoms with Crippen LogP contribution in [0, 0.1) is 0 Å². The van der Waals surface area contributed by atoms with E-state index in [9.17, 15) is 13.2 Å². The molecule has 1 fully saturated rings. The fraction of sp³-hybridized carbons (Fsp3) is 0.533. The number of para-hydroxylation sites is 1. The minimum absolute atomic E-state index is 0.0509. The second-order valence-corrected chi connectivity index (χ2v) is 7.25. The molecule has 1 saturated carbocycles. The number of carbonyl (C=O) groups excluding carboxylic acids is 1. The number of carbonyl (C=O) groups is 1. The lowest BCUT2D eigenvalue weighted by Crippen LogP contribution is -2.38. The summed E-state index contributed by atoms with van der Waals surface area (Å²) in [6.45, 7) is 0.0684. The lowest BCUT2D eigenvalue weighted by Gasteiger charge is -2.13. The molecular weight excluding hydrogens is 304 g/mol. The molecule has 0 spiro atoms. The van der Waals surface area contributed by atoms with E-state index in [1.807, 2.05) is 0 Å². The van der Waals surface area contributed by atoms with Gasteiger partial charge in [-0.15, -0.1) is 0 Å². The molecule has 6 nitrogen and oxygen atoms in total. The maximum atomic E-state index is 12.0. The number of methoxy groups -OCH3 is 1. The van der Waals surface area contributed by atoms with E-state index in [0.717, 1.165) is 25.7 Å². The summed E-state index contributed by atoms with van der Waals surface area (Å²) in [6.07, 6.45) is 3.93. The number of sulfonamides is 1. The van der Waals surface area contributed by atoms with Gasteiger partial charge in [-0.25, -0.2) is 13.1 Å². The van der Waals surface area contributed by atoms with Crippen LogP contribution in [0.3, 0.4) is 0 Å². The Hall–Kier alpha value is -1.60. The topological polar surface area (TPSA) is 84.5 Å². The van der Waals surface area contributed by atoms with Gasteiger partial charge in [0.2, 0.25) is 10.0 Å². The van der Waals surface area contributed by atoms with Crippen LogP contribution in [0.25, 0.3) is 0 Å². The fourth-order valence-electron chi connectivity index (χ4n) is 2.58. The normalized spacial score (nSPS) is 15.7. The van der Waals surface area contributed by atoms with Gasteiger partial charge in [-0.3, -0.25) is 4.79 Å². The van der Waals surface area contributed by atoms with Gasteiger partial charge in [0.1, 0.15) is 5.75 Å². The Morgan fingerprint density at radius 2 is 1.95 bits per heavy atom. The average molecular weight is 326 g/mol. The van der Waals surface area contributed by atoms with Crippen molar-refractivity contribution in [2.75, 3.05) is 19.4 Å². The van der Waals surface area contributed by atoms with Gasteiger partial charge < -0.3 is 10.1 Å². The summed E-state index contributed by atoms with van der Waals surface area (Å²) in [4.78, 5) is 12.0. The molecule has 0 aromatic heterocycles. The summed E-state index contributed by atoms with van der Waals surface area (Å²) in [5.41, 5.74) is 0.395. The zero-order valence-electron chi connectivity index (χ0n) is 12.7. The molecule has 0 saturated heterocycles. The Balaban J connectivity index is 1.83. The lowest BCUT2D eigenvalue weighted by atomic mass is 10.2. The van der Waals surface area contributed by atoms with Crippen LogP contribution in [0.1, 0.15) is 36.0 Å². The molecule has 1 aliphatic rings. The van der Waals surface area contributed by atoms with Crippen LogP contribution < -0.4 is 14.8 Å². The number of rotatable bonds is 7. The number of nitrogens with one attached hydrogen (secondary N) is 2. The summed E-state index contributed by atoms with van der Waals surface area (Å²) in [6, 6.07) is 6.88. The first-order valence-electron chi connectivity index (χ1n) is 7.43. The van der Waals surface area contributed by atoms with E-state index in [1.165, 1.54) is 7.11 Å². The van der Waals surface area contributed by atoms with Gasteiger partial charge >= 0.3 is 0 Å². The molecule has 2 N–H and O–H groups in total. The van der Waals surface area contributed by atoms with E-state index in [1.54, 1.807) is 24.3 Å². The molecule has 22 heavy (non-hydrogen) atoms. The van der Waals surface area contributed by atoms with Gasteiger partial charge in [0.25, 0.3) is 5.91 Å². The third-order valence-corrected chi connectivity index (χ3v) is 5.14. The van der Waals surface area contributed by atoms with E-state index in [2.05, 4.69) is 10.0 Å². The van der Waals surface area contributed by atoms with Gasteiger partial charge in [-0.05, 0) is 25.0 Å². The van der Waals surface area contributed by atoms with Crippen molar-refractivity contribution in [1.29, 1.82) is 0 Å². The van der Waals surface area contributed by atoms with Gasteiger partial charge in [-0.2, -0.15) is 0 Å². The van der Waals surface area contributed by atoms with Gasteiger partial charge in [-0.1, -0.05) is 25.0 Å². The Labute approximate surface area is 131 Å². The van der Waals surface area contributed by atoms with Gasteiger partial charge in [0, 0.05) is 12.6 Å². The number of amides is 1. The maximum absolute atomic E-state index is 12.0. The third-order valence-electron chi connectivity index (χ3n) is 3.71. The molecule has 0 bridgehead atoms. The largest absolute Gasteiger partial charge is 0.496 e. The molecule has 7 heteroatoms.